The molecule has 0 bridgehead atoms. The Labute approximate surface area is 324 Å². The van der Waals surface area contributed by atoms with Crippen LogP contribution in [0, 0.1) is 20.8 Å². The van der Waals surface area contributed by atoms with Crippen LogP contribution < -0.4 is 15.4 Å². The highest BCUT2D eigenvalue weighted by molar-refractivity contribution is 14.2. The number of ether oxygens (including phenoxy) is 4. The minimum atomic E-state index is -0.598. The number of benzene rings is 2. The smallest absolute Gasteiger partial charge is 0.407 e. The molecule has 0 saturated carbocycles. The average molecular weight is 860 g/mol. The molecule has 0 atom stereocenters. The number of fused-ring (bicyclic) bond motifs is 3. The normalized spacial score (nSPS) is 11.7. The third-order valence-electron chi connectivity index (χ3n) is 7.70. The van der Waals surface area contributed by atoms with E-state index in [2.05, 4.69) is 47.6 Å². The number of aromatic nitrogens is 1. The van der Waals surface area contributed by atoms with Crippen LogP contribution in [0.4, 0.5) is 10.5 Å². The van der Waals surface area contributed by atoms with Crippen molar-refractivity contribution in [1.29, 1.82) is 0 Å². The zero-order valence-electron chi connectivity index (χ0n) is 30.1. The molecule has 1 aliphatic heterocycles. The molecule has 0 radical (unpaired) electrons. The maximum atomic E-state index is 14.2. The van der Waals surface area contributed by atoms with Crippen molar-refractivity contribution in [1.82, 2.24) is 10.3 Å². The highest BCUT2D eigenvalue weighted by Gasteiger charge is 2.27. The lowest BCUT2D eigenvalue weighted by atomic mass is 9.93. The van der Waals surface area contributed by atoms with Crippen LogP contribution in [0.15, 0.2) is 47.8 Å². The fourth-order valence-corrected chi connectivity index (χ4v) is 7.18. The Hall–Kier alpha value is -4.15. The molecule has 0 saturated heterocycles. The van der Waals surface area contributed by atoms with Gasteiger partial charge in [0.1, 0.15) is 18.0 Å². The number of hydrogen-bond acceptors (Lipinski definition) is 11. The van der Waals surface area contributed by atoms with Gasteiger partial charge in [-0.05, 0) is 115 Å². The molecule has 2 amide bonds. The SMILES string of the molecule is COC(=O)c1nc(C)ccc1-c1cc2c(cc1C(=O)Nc1c(C)cc(CNC(=O)OC(C)(C)C)cc1C)-c1sccc1CCO2.O=COCCSI. The number of thiophene rings is 1. The van der Waals surface area contributed by atoms with Crippen LogP contribution >= 0.6 is 41.5 Å². The lowest BCUT2D eigenvalue weighted by Gasteiger charge is -2.20. The van der Waals surface area contributed by atoms with Gasteiger partial charge in [-0.15, -0.1) is 11.3 Å². The van der Waals surface area contributed by atoms with Crippen molar-refractivity contribution in [3.05, 3.63) is 87.0 Å². The van der Waals surface area contributed by atoms with Crippen molar-refractivity contribution in [3.8, 4) is 27.3 Å². The van der Waals surface area contributed by atoms with Gasteiger partial charge in [-0.1, -0.05) is 27.1 Å². The van der Waals surface area contributed by atoms with E-state index in [1.807, 2.05) is 64.3 Å². The van der Waals surface area contributed by atoms with Crippen LogP contribution in [0.5, 0.6) is 5.75 Å². The quantitative estimate of drug-likeness (QED) is 0.0523. The monoisotopic (exact) mass is 859 g/mol. The average Bonchev–Trinajstić information content (AvgIpc) is 3.49. The summed E-state index contributed by atoms with van der Waals surface area (Å²) >= 11 is 3.75. The van der Waals surface area contributed by atoms with Gasteiger partial charge in [-0.3, -0.25) is 9.59 Å². The van der Waals surface area contributed by atoms with Crippen molar-refractivity contribution in [3.63, 3.8) is 0 Å². The maximum absolute atomic E-state index is 14.2. The summed E-state index contributed by atoms with van der Waals surface area (Å²) in [4.78, 5) is 54.2. The van der Waals surface area contributed by atoms with Crippen molar-refractivity contribution < 1.29 is 38.1 Å². The third kappa shape index (κ3) is 10.7. The van der Waals surface area contributed by atoms with Crippen LogP contribution in [0.2, 0.25) is 0 Å². The molecule has 0 spiro atoms. The number of carbonyl (C=O) groups is 4. The van der Waals surface area contributed by atoms with E-state index in [4.69, 9.17) is 14.2 Å². The Kier molecular flexibility index (Phi) is 14.5. The van der Waals surface area contributed by atoms with Crippen molar-refractivity contribution >= 4 is 71.6 Å². The summed E-state index contributed by atoms with van der Waals surface area (Å²) in [5.41, 5.74) is 6.68. The fourth-order valence-electron chi connectivity index (χ4n) is 5.50. The topological polar surface area (TPSA) is 142 Å². The zero-order chi connectivity index (χ0) is 38.0. The van der Waals surface area contributed by atoms with Crippen LogP contribution in [-0.2, 0) is 32.0 Å². The fraction of sp³-hybridized carbons (Fsp3) is 0.342. The van der Waals surface area contributed by atoms with Crippen molar-refractivity contribution in [2.75, 3.05) is 31.4 Å². The number of rotatable bonds is 10. The molecule has 2 N–H and O–H groups in total. The summed E-state index contributed by atoms with van der Waals surface area (Å²) < 4.78 is 20.9. The Bertz CT molecular complexity index is 1920. The minimum Gasteiger partial charge on any atom is -0.493 e. The molecular formula is C38H42IN3O8S2. The van der Waals surface area contributed by atoms with E-state index >= 15 is 0 Å². The van der Waals surface area contributed by atoms with Gasteiger partial charge in [0.15, 0.2) is 5.69 Å². The highest BCUT2D eigenvalue weighted by Crippen LogP contribution is 2.43. The van der Waals surface area contributed by atoms with E-state index < -0.39 is 17.7 Å². The van der Waals surface area contributed by atoms with E-state index in [9.17, 15) is 19.2 Å². The van der Waals surface area contributed by atoms with Crippen molar-refractivity contribution in [2.45, 2.75) is 60.1 Å². The van der Waals surface area contributed by atoms with Gasteiger partial charge in [0, 0.05) is 57.2 Å². The summed E-state index contributed by atoms with van der Waals surface area (Å²) in [5.74, 6) is 0.559. The van der Waals surface area contributed by atoms with E-state index in [0.717, 1.165) is 44.9 Å². The number of pyridine rings is 1. The number of carbonyl (C=O) groups excluding carboxylic acids is 4. The maximum Gasteiger partial charge on any atom is 0.407 e. The summed E-state index contributed by atoms with van der Waals surface area (Å²) in [5, 5.41) is 7.94. The summed E-state index contributed by atoms with van der Waals surface area (Å²) in [6.07, 6.45) is 0.248. The molecular weight excluding hydrogens is 817 g/mol. The number of alkyl carbamates (subject to hydrolysis) is 1. The lowest BCUT2D eigenvalue weighted by Crippen LogP contribution is -2.32. The largest absolute Gasteiger partial charge is 0.493 e. The number of nitrogens with zero attached hydrogens (tertiary/aromatic N) is 1. The number of anilines is 1. The first-order chi connectivity index (χ1) is 24.8. The predicted molar refractivity (Wildman–Crippen MR) is 214 cm³/mol. The van der Waals surface area contributed by atoms with E-state index in [1.165, 1.54) is 7.11 Å². The molecule has 0 unspecified atom stereocenters. The molecule has 11 nitrogen and oxygen atoms in total. The Morgan fingerprint density at radius 1 is 1.04 bits per heavy atom. The Morgan fingerprint density at radius 3 is 2.42 bits per heavy atom. The number of amides is 2. The zero-order valence-corrected chi connectivity index (χ0v) is 33.9. The van der Waals surface area contributed by atoms with Gasteiger partial charge in [0.25, 0.3) is 12.4 Å². The molecule has 5 rings (SSSR count). The van der Waals surface area contributed by atoms with E-state index in [0.29, 0.717) is 53.5 Å². The molecule has 0 fully saturated rings. The first kappa shape index (κ1) is 40.6. The van der Waals surface area contributed by atoms with Gasteiger partial charge in [0.2, 0.25) is 0 Å². The lowest BCUT2D eigenvalue weighted by molar-refractivity contribution is -0.128. The number of halogens is 1. The molecule has 0 aliphatic carbocycles. The summed E-state index contributed by atoms with van der Waals surface area (Å²) in [6.45, 7) is 12.8. The third-order valence-corrected chi connectivity index (χ3v) is 10.3. The van der Waals surface area contributed by atoms with Crippen LogP contribution in [0.1, 0.15) is 69.6 Å². The molecule has 2 aromatic heterocycles. The molecule has 52 heavy (non-hydrogen) atoms. The number of nitrogens with one attached hydrogen (secondary N) is 2. The minimum absolute atomic E-state index is 0.117. The van der Waals surface area contributed by atoms with Crippen LogP contribution in [0.3, 0.4) is 0 Å². The van der Waals surface area contributed by atoms with E-state index in [1.54, 1.807) is 39.3 Å². The van der Waals surface area contributed by atoms with E-state index in [-0.39, 0.29) is 18.1 Å². The first-order valence-corrected chi connectivity index (χ1v) is 20.8. The molecule has 3 heterocycles. The molecule has 2 aromatic carbocycles. The van der Waals surface area contributed by atoms with Gasteiger partial charge < -0.3 is 29.6 Å². The van der Waals surface area contributed by atoms with Gasteiger partial charge in [0.05, 0.1) is 13.7 Å². The first-order valence-electron chi connectivity index (χ1n) is 16.4. The van der Waals surface area contributed by atoms with Gasteiger partial charge >= 0.3 is 12.1 Å². The molecule has 1 aliphatic rings. The standard InChI is InChI=1S/C35H37N3O6S.C3H5IO2S/c1-19-14-22(18-36-34(41)44-35(4,5)6)15-20(2)29(19)38-32(39)26-16-27-28(43-12-10-23-11-13-45-31(23)27)17-25(26)24-9-8-21(3)37-30(24)33(40)42-7;4-7-2-1-6-3-5/h8-9,11,13-17H,10,12,18H2,1-7H3,(H,36,41)(H,38,39);3H,1-2H2. The second-order valence-corrected chi connectivity index (χ2v) is 16.2. The van der Waals surface area contributed by atoms with Gasteiger partial charge in [-0.25, -0.2) is 14.6 Å². The van der Waals surface area contributed by atoms with Crippen LogP contribution in [-0.4, -0.2) is 61.1 Å². The Balaban J connectivity index is 0.000000785. The number of esters is 1. The van der Waals surface area contributed by atoms with Crippen molar-refractivity contribution in [2.24, 2.45) is 0 Å². The number of methoxy groups -OCH3 is 1. The predicted octanol–water partition coefficient (Wildman–Crippen LogP) is 8.64. The van der Waals surface area contributed by atoms with Crippen LogP contribution in [0.25, 0.3) is 21.6 Å². The summed E-state index contributed by atoms with van der Waals surface area (Å²) in [6, 6.07) is 13.2. The highest BCUT2D eigenvalue weighted by atomic mass is 127. The second-order valence-electron chi connectivity index (χ2n) is 12.8. The molecule has 14 heteroatoms. The van der Waals surface area contributed by atoms with Gasteiger partial charge in [-0.2, -0.15) is 0 Å². The number of hydrogen-bond donors (Lipinski definition) is 2. The number of aryl methyl sites for hydroxylation is 3. The Morgan fingerprint density at radius 2 is 1.77 bits per heavy atom. The molecule has 276 valence electrons. The second kappa shape index (κ2) is 18.6. The molecule has 4 aromatic rings. The summed E-state index contributed by atoms with van der Waals surface area (Å²) in [7, 11) is 2.93.